The molecular weight excluding hydrogens is 484 g/mol. The number of carboxylic acids is 1. The Balaban J connectivity index is 1.70. The van der Waals surface area contributed by atoms with E-state index in [-0.39, 0.29) is 19.0 Å². The van der Waals surface area contributed by atoms with E-state index in [0.29, 0.717) is 28.4 Å². The number of fused-ring (bicyclic) bond motifs is 1. The van der Waals surface area contributed by atoms with Gasteiger partial charge in [0, 0.05) is 35.4 Å². The number of anilines is 1. The van der Waals surface area contributed by atoms with E-state index < -0.39 is 29.6 Å². The van der Waals surface area contributed by atoms with Crippen LogP contribution in [-0.4, -0.2) is 74.4 Å². The monoisotopic (exact) mass is 514 g/mol. The highest BCUT2D eigenvalue weighted by Crippen LogP contribution is 2.35. The zero-order valence-electron chi connectivity index (χ0n) is 20.8. The number of nitrogens with one attached hydrogen (secondary N) is 1. The molecule has 2 atom stereocenters. The maximum absolute atomic E-state index is 12.7. The van der Waals surface area contributed by atoms with Gasteiger partial charge < -0.3 is 29.9 Å². The van der Waals surface area contributed by atoms with Gasteiger partial charge in [-0.15, -0.1) is 11.3 Å². The molecule has 3 aromatic rings. The van der Waals surface area contributed by atoms with E-state index in [2.05, 4.69) is 10.3 Å². The molecule has 1 aliphatic heterocycles. The molecule has 2 unspecified atom stereocenters. The van der Waals surface area contributed by atoms with Crippen molar-refractivity contribution in [1.82, 2.24) is 14.9 Å². The molecule has 1 fully saturated rings. The Bertz CT molecular complexity index is 1290. The van der Waals surface area contributed by atoms with Crippen LogP contribution in [0.4, 0.5) is 5.13 Å². The van der Waals surface area contributed by atoms with Crippen LogP contribution in [-0.2, 0) is 9.59 Å². The normalized spacial score (nSPS) is 18.0. The van der Waals surface area contributed by atoms with Gasteiger partial charge in [0.2, 0.25) is 0 Å². The summed E-state index contributed by atoms with van der Waals surface area (Å²) in [7, 11) is 1.57. The van der Waals surface area contributed by atoms with Crippen LogP contribution in [0.2, 0.25) is 0 Å². The molecular formula is C25H30N4O6S. The number of carbonyl (C=O) groups is 2. The summed E-state index contributed by atoms with van der Waals surface area (Å²) in [4.78, 5) is 35.2. The topological polar surface area (TPSA) is 134 Å². The maximum Gasteiger partial charge on any atom is 0.326 e. The molecule has 11 heteroatoms. The first-order valence-corrected chi connectivity index (χ1v) is 12.5. The molecule has 4 rings (SSSR count). The summed E-state index contributed by atoms with van der Waals surface area (Å²) in [5.74, 6) is -0.668. The van der Waals surface area contributed by atoms with Crippen LogP contribution in [0.25, 0.3) is 22.3 Å². The molecule has 10 nitrogen and oxygen atoms in total. The number of aliphatic hydroxyl groups is 1. The van der Waals surface area contributed by atoms with Gasteiger partial charge in [0.15, 0.2) is 5.13 Å². The van der Waals surface area contributed by atoms with Crippen LogP contribution in [0.3, 0.4) is 0 Å². The van der Waals surface area contributed by atoms with Crippen LogP contribution >= 0.6 is 11.3 Å². The van der Waals surface area contributed by atoms with Crippen LogP contribution in [0.5, 0.6) is 11.5 Å². The third-order valence-corrected chi connectivity index (χ3v) is 6.56. The fourth-order valence-electron chi connectivity index (χ4n) is 4.11. The van der Waals surface area contributed by atoms with Gasteiger partial charge in [0.05, 0.1) is 24.9 Å². The van der Waals surface area contributed by atoms with Crippen molar-refractivity contribution < 1.29 is 29.3 Å². The van der Waals surface area contributed by atoms with Crippen molar-refractivity contribution in [3.63, 3.8) is 0 Å². The Hall–Kier alpha value is -3.44. The fraction of sp³-hybridized carbons (Fsp3) is 0.440. The number of aliphatic carboxylic acids is 1. The van der Waals surface area contributed by atoms with E-state index in [9.17, 15) is 19.8 Å². The average molecular weight is 515 g/mol. The second-order valence-electron chi connectivity index (χ2n) is 9.57. The molecule has 1 aliphatic rings. The van der Waals surface area contributed by atoms with E-state index >= 15 is 0 Å². The number of thiazole rings is 1. The quantitative estimate of drug-likeness (QED) is 0.413. The highest BCUT2D eigenvalue weighted by atomic mass is 32.1. The standard InChI is InChI=1S/C25H30N4O6S/c1-13(2)26-24-28-19(12-36-24)18-10-21(16-7-6-14(34-5)8-17(16)27-18)35-15-9-20(22(30)31)29(11-15)23(32)25(3,4)33/h6-8,10,12-13,15,20,33H,9,11H2,1-5H3,(H,26,28)(H,30,31). The summed E-state index contributed by atoms with van der Waals surface area (Å²) in [6, 6.07) is 6.34. The van der Waals surface area contributed by atoms with Crippen molar-refractivity contribution in [3.05, 3.63) is 29.6 Å². The van der Waals surface area contributed by atoms with E-state index in [1.54, 1.807) is 25.3 Å². The smallest absolute Gasteiger partial charge is 0.326 e. The van der Waals surface area contributed by atoms with E-state index in [0.717, 1.165) is 10.5 Å². The maximum atomic E-state index is 12.7. The van der Waals surface area contributed by atoms with E-state index in [1.165, 1.54) is 30.1 Å². The van der Waals surface area contributed by atoms with Gasteiger partial charge in [-0.3, -0.25) is 4.79 Å². The molecule has 1 amide bonds. The van der Waals surface area contributed by atoms with Crippen molar-refractivity contribution in [2.24, 2.45) is 0 Å². The fourth-order valence-corrected chi connectivity index (χ4v) is 4.96. The predicted octanol–water partition coefficient (Wildman–Crippen LogP) is 3.39. The summed E-state index contributed by atoms with van der Waals surface area (Å²) in [6.45, 7) is 6.79. The highest BCUT2D eigenvalue weighted by molar-refractivity contribution is 7.14. The van der Waals surface area contributed by atoms with Gasteiger partial charge in [0.25, 0.3) is 5.91 Å². The Morgan fingerprint density at radius 2 is 1.97 bits per heavy atom. The number of methoxy groups -OCH3 is 1. The van der Waals surface area contributed by atoms with Gasteiger partial charge >= 0.3 is 5.97 Å². The van der Waals surface area contributed by atoms with Gasteiger partial charge in [-0.1, -0.05) is 0 Å². The molecule has 36 heavy (non-hydrogen) atoms. The molecule has 0 radical (unpaired) electrons. The number of aromatic nitrogens is 2. The Kier molecular flexibility index (Phi) is 7.05. The number of carboxylic acid groups (broad SMARTS) is 1. The molecule has 1 aromatic carbocycles. The molecule has 3 heterocycles. The highest BCUT2D eigenvalue weighted by Gasteiger charge is 2.44. The lowest BCUT2D eigenvalue weighted by Gasteiger charge is -2.27. The Labute approximate surface area is 212 Å². The van der Waals surface area contributed by atoms with Crippen LogP contribution in [0.1, 0.15) is 34.1 Å². The SMILES string of the molecule is COc1ccc2c(OC3CC(C(=O)O)N(C(=O)C(C)(C)O)C3)cc(-c3csc(NC(C)C)n3)nc2c1. The minimum Gasteiger partial charge on any atom is -0.497 e. The summed E-state index contributed by atoms with van der Waals surface area (Å²) >= 11 is 1.47. The number of rotatable bonds is 8. The van der Waals surface area contributed by atoms with Crippen LogP contribution in [0.15, 0.2) is 29.6 Å². The number of hydrogen-bond donors (Lipinski definition) is 3. The summed E-state index contributed by atoms with van der Waals surface area (Å²) in [6.07, 6.45) is -0.502. The summed E-state index contributed by atoms with van der Waals surface area (Å²) in [5, 5.41) is 26.6. The van der Waals surface area contributed by atoms with Crippen molar-refractivity contribution in [2.45, 2.75) is 57.9 Å². The first-order valence-electron chi connectivity index (χ1n) is 11.6. The van der Waals surface area contributed by atoms with E-state index in [4.69, 9.17) is 14.5 Å². The molecule has 3 N–H and O–H groups in total. The zero-order chi connectivity index (χ0) is 26.2. The first kappa shape index (κ1) is 25.6. The molecule has 0 aliphatic carbocycles. The van der Waals surface area contributed by atoms with Crippen molar-refractivity contribution in [2.75, 3.05) is 19.0 Å². The lowest BCUT2D eigenvalue weighted by Crippen LogP contribution is -2.49. The number of amides is 1. The number of nitrogens with zero attached hydrogens (tertiary/aromatic N) is 3. The predicted molar refractivity (Wildman–Crippen MR) is 137 cm³/mol. The number of pyridine rings is 1. The summed E-state index contributed by atoms with van der Waals surface area (Å²) < 4.78 is 11.7. The zero-order valence-corrected chi connectivity index (χ0v) is 21.6. The molecule has 2 aromatic heterocycles. The van der Waals surface area contributed by atoms with Gasteiger partial charge in [0.1, 0.15) is 34.9 Å². The minimum absolute atomic E-state index is 0.0360. The number of ether oxygens (including phenoxy) is 2. The molecule has 0 saturated carbocycles. The third-order valence-electron chi connectivity index (χ3n) is 5.78. The van der Waals surface area contributed by atoms with Gasteiger partial charge in [-0.2, -0.15) is 0 Å². The minimum atomic E-state index is -1.69. The lowest BCUT2D eigenvalue weighted by molar-refractivity contribution is -0.156. The Morgan fingerprint density at radius 3 is 2.61 bits per heavy atom. The second-order valence-corrected chi connectivity index (χ2v) is 10.4. The van der Waals surface area contributed by atoms with Gasteiger partial charge in [-0.05, 0) is 39.8 Å². The first-order chi connectivity index (χ1) is 17.0. The summed E-state index contributed by atoms with van der Waals surface area (Å²) in [5.41, 5.74) is 0.204. The van der Waals surface area contributed by atoms with E-state index in [1.807, 2.05) is 25.3 Å². The van der Waals surface area contributed by atoms with Crippen molar-refractivity contribution >= 4 is 39.2 Å². The van der Waals surface area contributed by atoms with Crippen molar-refractivity contribution in [3.8, 4) is 22.9 Å². The average Bonchev–Trinajstić information content (AvgIpc) is 3.44. The molecule has 1 saturated heterocycles. The van der Waals surface area contributed by atoms with Crippen LogP contribution in [0, 0.1) is 0 Å². The number of carbonyl (C=O) groups excluding carboxylic acids is 1. The second kappa shape index (κ2) is 9.90. The number of benzene rings is 1. The molecule has 0 bridgehead atoms. The third kappa shape index (κ3) is 5.36. The lowest BCUT2D eigenvalue weighted by atomic mass is 10.1. The molecule has 0 spiro atoms. The van der Waals surface area contributed by atoms with Gasteiger partial charge in [-0.25, -0.2) is 14.8 Å². The Morgan fingerprint density at radius 1 is 1.22 bits per heavy atom. The number of likely N-dealkylation sites (tertiary alicyclic amines) is 1. The molecule has 192 valence electrons. The van der Waals surface area contributed by atoms with Crippen molar-refractivity contribution in [1.29, 1.82) is 0 Å². The number of hydrogen-bond acceptors (Lipinski definition) is 9. The largest absolute Gasteiger partial charge is 0.497 e. The van der Waals surface area contributed by atoms with Crippen LogP contribution < -0.4 is 14.8 Å².